The summed E-state index contributed by atoms with van der Waals surface area (Å²) in [6.07, 6.45) is 1.05. The molecule has 2 unspecified atom stereocenters. The molecule has 2 N–H and O–H groups in total. The first-order valence-corrected chi connectivity index (χ1v) is 8.19. The van der Waals surface area contributed by atoms with Crippen molar-refractivity contribution in [2.45, 2.75) is 42.9 Å². The lowest BCUT2D eigenvalue weighted by atomic mass is 10.2. The maximum Gasteiger partial charge on any atom is 0.243 e. The Bertz CT molecular complexity index is 550. The van der Waals surface area contributed by atoms with Crippen LogP contribution < -0.4 is 5.73 Å². The number of likely N-dealkylation sites (tertiary alicyclic amines) is 1. The molecule has 1 aromatic rings. The fraction of sp³-hybridized carbons (Fsp3) is 0.429. The van der Waals surface area contributed by atoms with Gasteiger partial charge in [-0.15, -0.1) is 11.8 Å². The lowest BCUT2D eigenvalue weighted by Gasteiger charge is -2.21. The third-order valence-electron chi connectivity index (χ3n) is 3.40. The van der Waals surface area contributed by atoms with Gasteiger partial charge < -0.3 is 5.73 Å². The molecule has 1 aliphatic rings. The van der Waals surface area contributed by atoms with E-state index in [2.05, 4.69) is 15.9 Å². The van der Waals surface area contributed by atoms with Gasteiger partial charge in [0.05, 0.1) is 5.25 Å². The number of nitrogens with two attached hydrogens (primary N) is 1. The summed E-state index contributed by atoms with van der Waals surface area (Å²) in [5.74, 6) is -0.161. The van der Waals surface area contributed by atoms with Crippen LogP contribution in [0.5, 0.6) is 0 Å². The number of nitrogen functional groups attached to an aromatic ring is 1. The van der Waals surface area contributed by atoms with Crippen molar-refractivity contribution in [3.63, 3.8) is 0 Å². The summed E-state index contributed by atoms with van der Waals surface area (Å²) >= 11 is 4.85. The van der Waals surface area contributed by atoms with Crippen molar-refractivity contribution in [2.24, 2.45) is 0 Å². The Labute approximate surface area is 131 Å². The summed E-state index contributed by atoms with van der Waals surface area (Å²) in [7, 11) is 0. The quantitative estimate of drug-likeness (QED) is 0.665. The van der Waals surface area contributed by atoms with Crippen LogP contribution in [0.1, 0.15) is 26.7 Å². The highest BCUT2D eigenvalue weighted by atomic mass is 79.9. The van der Waals surface area contributed by atoms with Crippen LogP contribution >= 0.6 is 27.7 Å². The van der Waals surface area contributed by atoms with E-state index in [1.165, 1.54) is 16.7 Å². The lowest BCUT2D eigenvalue weighted by molar-refractivity contribution is -0.140. The number of anilines is 1. The van der Waals surface area contributed by atoms with Crippen molar-refractivity contribution < 1.29 is 9.59 Å². The molecule has 1 aliphatic heterocycles. The second kappa shape index (κ2) is 6.18. The lowest BCUT2D eigenvalue weighted by Crippen LogP contribution is -2.38. The Morgan fingerprint density at radius 1 is 1.50 bits per heavy atom. The van der Waals surface area contributed by atoms with E-state index in [0.29, 0.717) is 5.69 Å². The van der Waals surface area contributed by atoms with Crippen LogP contribution in [0.2, 0.25) is 0 Å². The number of carbonyl (C=O) groups excluding carboxylic acids is 2. The van der Waals surface area contributed by atoms with E-state index in [-0.39, 0.29) is 29.5 Å². The molecule has 0 saturated carbocycles. The molecule has 2 rings (SSSR count). The maximum atomic E-state index is 12.3. The van der Waals surface area contributed by atoms with Crippen LogP contribution in [-0.4, -0.2) is 28.0 Å². The largest absolute Gasteiger partial charge is 0.399 e. The minimum absolute atomic E-state index is 0.0320. The van der Waals surface area contributed by atoms with Crippen molar-refractivity contribution in [1.82, 2.24) is 4.90 Å². The minimum atomic E-state index is -0.337. The smallest absolute Gasteiger partial charge is 0.243 e. The Morgan fingerprint density at radius 3 is 2.80 bits per heavy atom. The molecule has 2 atom stereocenters. The Balaban J connectivity index is 2.15. The van der Waals surface area contributed by atoms with E-state index < -0.39 is 0 Å². The summed E-state index contributed by atoms with van der Waals surface area (Å²) in [6.45, 7) is 3.88. The zero-order chi connectivity index (χ0) is 14.9. The van der Waals surface area contributed by atoms with E-state index in [4.69, 9.17) is 5.73 Å². The van der Waals surface area contributed by atoms with Crippen molar-refractivity contribution in [3.8, 4) is 0 Å². The fourth-order valence-electron chi connectivity index (χ4n) is 2.13. The predicted octanol–water partition coefficient (Wildman–Crippen LogP) is 3.05. The van der Waals surface area contributed by atoms with Gasteiger partial charge in [0.15, 0.2) is 0 Å². The molecule has 2 amide bonds. The van der Waals surface area contributed by atoms with Crippen LogP contribution in [0, 0.1) is 0 Å². The molecule has 1 fully saturated rings. The number of benzene rings is 1. The monoisotopic (exact) mass is 356 g/mol. The summed E-state index contributed by atoms with van der Waals surface area (Å²) < 4.78 is 0.852. The maximum absolute atomic E-state index is 12.3. The minimum Gasteiger partial charge on any atom is -0.399 e. The molecule has 0 bridgehead atoms. The Hall–Kier alpha value is -1.01. The van der Waals surface area contributed by atoms with Gasteiger partial charge in [-0.1, -0.05) is 6.92 Å². The van der Waals surface area contributed by atoms with Crippen molar-refractivity contribution in [1.29, 1.82) is 0 Å². The molecular weight excluding hydrogens is 340 g/mol. The van der Waals surface area contributed by atoms with Crippen LogP contribution in [0.3, 0.4) is 0 Å². The average molecular weight is 357 g/mol. The number of thioether (sulfide) groups is 1. The zero-order valence-electron chi connectivity index (χ0n) is 11.4. The Morgan fingerprint density at radius 2 is 2.20 bits per heavy atom. The molecular formula is C14H17BrN2O2S. The fourth-order valence-corrected chi connectivity index (χ4v) is 3.87. The number of amides is 2. The number of halogens is 1. The highest BCUT2D eigenvalue weighted by Gasteiger charge is 2.41. The molecule has 6 heteroatoms. The summed E-state index contributed by atoms with van der Waals surface area (Å²) in [6, 6.07) is 5.43. The van der Waals surface area contributed by atoms with E-state index in [9.17, 15) is 9.59 Å². The first-order chi connectivity index (χ1) is 9.43. The number of nitrogens with zero attached hydrogens (tertiary/aromatic N) is 1. The number of imide groups is 1. The first kappa shape index (κ1) is 15.4. The van der Waals surface area contributed by atoms with Crippen molar-refractivity contribution in [2.75, 3.05) is 5.73 Å². The average Bonchev–Trinajstić information content (AvgIpc) is 2.67. The molecule has 0 radical (unpaired) electrons. The molecule has 1 aromatic carbocycles. The molecule has 0 aliphatic carbocycles. The van der Waals surface area contributed by atoms with E-state index in [0.717, 1.165) is 15.8 Å². The molecule has 4 nitrogen and oxygen atoms in total. The van der Waals surface area contributed by atoms with E-state index in [1.54, 1.807) is 12.1 Å². The third-order valence-corrected chi connectivity index (χ3v) is 5.58. The second-order valence-corrected chi connectivity index (χ2v) is 6.96. The number of carbonyl (C=O) groups is 2. The second-order valence-electron chi connectivity index (χ2n) is 4.86. The normalized spacial score (nSPS) is 20.6. The molecule has 108 valence electrons. The van der Waals surface area contributed by atoms with Gasteiger partial charge in [0.2, 0.25) is 11.8 Å². The summed E-state index contributed by atoms with van der Waals surface area (Å²) in [5.41, 5.74) is 6.36. The molecule has 20 heavy (non-hydrogen) atoms. The molecule has 1 heterocycles. The molecule has 0 spiro atoms. The van der Waals surface area contributed by atoms with Crippen molar-refractivity contribution >= 4 is 45.2 Å². The highest BCUT2D eigenvalue weighted by molar-refractivity contribution is 9.10. The topological polar surface area (TPSA) is 63.4 Å². The highest BCUT2D eigenvalue weighted by Crippen LogP contribution is 2.37. The zero-order valence-corrected chi connectivity index (χ0v) is 13.8. The van der Waals surface area contributed by atoms with E-state index in [1.807, 2.05) is 19.9 Å². The van der Waals surface area contributed by atoms with Crippen LogP contribution in [0.25, 0.3) is 0 Å². The predicted molar refractivity (Wildman–Crippen MR) is 84.4 cm³/mol. The summed E-state index contributed by atoms with van der Waals surface area (Å²) in [4.78, 5) is 26.7. The Kier molecular flexibility index (Phi) is 4.75. The van der Waals surface area contributed by atoms with E-state index >= 15 is 0 Å². The van der Waals surface area contributed by atoms with Crippen LogP contribution in [0.15, 0.2) is 27.6 Å². The molecule has 1 saturated heterocycles. The van der Waals surface area contributed by atoms with Gasteiger partial charge in [0.25, 0.3) is 0 Å². The SMILES string of the molecule is CCC(C)N1C(=O)CC(Sc2ccc(N)cc2Br)C1=O. The van der Waals surface area contributed by atoms with Gasteiger partial charge in [0, 0.05) is 27.5 Å². The van der Waals surface area contributed by atoms with Gasteiger partial charge >= 0.3 is 0 Å². The van der Waals surface area contributed by atoms with Gasteiger partial charge in [0.1, 0.15) is 0 Å². The van der Waals surface area contributed by atoms with Gasteiger partial charge in [-0.3, -0.25) is 14.5 Å². The van der Waals surface area contributed by atoms with Gasteiger partial charge in [-0.2, -0.15) is 0 Å². The van der Waals surface area contributed by atoms with Gasteiger partial charge in [-0.25, -0.2) is 0 Å². The van der Waals surface area contributed by atoms with Crippen LogP contribution in [0.4, 0.5) is 5.69 Å². The summed E-state index contributed by atoms with van der Waals surface area (Å²) in [5, 5.41) is -0.337. The standard InChI is InChI=1S/C14H17BrN2O2S/c1-3-8(2)17-13(18)7-12(14(17)19)20-11-5-4-9(16)6-10(11)15/h4-6,8,12H,3,7,16H2,1-2H3. The number of hydrogen-bond donors (Lipinski definition) is 1. The van der Waals surface area contributed by atoms with Crippen LogP contribution in [-0.2, 0) is 9.59 Å². The first-order valence-electron chi connectivity index (χ1n) is 6.51. The van der Waals surface area contributed by atoms with Crippen molar-refractivity contribution in [3.05, 3.63) is 22.7 Å². The third kappa shape index (κ3) is 3.01. The molecule has 0 aromatic heterocycles. The number of rotatable bonds is 4. The number of hydrogen-bond acceptors (Lipinski definition) is 4. The van der Waals surface area contributed by atoms with Gasteiger partial charge in [-0.05, 0) is 47.5 Å².